The maximum absolute atomic E-state index is 6.15. The van der Waals surface area contributed by atoms with E-state index in [9.17, 15) is 0 Å². The van der Waals surface area contributed by atoms with E-state index in [0.29, 0.717) is 11.1 Å². The molecule has 1 aliphatic heterocycles. The fourth-order valence-electron chi connectivity index (χ4n) is 1.42. The van der Waals surface area contributed by atoms with Crippen LogP contribution in [0.5, 0.6) is 0 Å². The number of halogens is 1. The van der Waals surface area contributed by atoms with Crippen LogP contribution in [-0.2, 0) is 4.43 Å². The quantitative estimate of drug-likeness (QED) is 0.778. The number of hydrogen-bond donors (Lipinski definition) is 1. The molecule has 0 spiro atoms. The van der Waals surface area contributed by atoms with E-state index >= 15 is 0 Å². The van der Waals surface area contributed by atoms with Crippen molar-refractivity contribution in [3.8, 4) is 0 Å². The van der Waals surface area contributed by atoms with Crippen molar-refractivity contribution in [2.24, 2.45) is 0 Å². The zero-order chi connectivity index (χ0) is 10.8. The second kappa shape index (κ2) is 5.67. The van der Waals surface area contributed by atoms with Crippen LogP contribution in [0, 0.1) is 0 Å². The number of hydrogen-bond acceptors (Lipinski definition) is 2. The monoisotopic (exact) mass is 251 g/mol. The summed E-state index contributed by atoms with van der Waals surface area (Å²) in [7, 11) is -1.51. The van der Waals surface area contributed by atoms with Crippen LogP contribution >= 0.6 is 12.4 Å². The summed E-state index contributed by atoms with van der Waals surface area (Å²) in [5.74, 6) is 0. The van der Waals surface area contributed by atoms with Gasteiger partial charge >= 0.3 is 0 Å². The predicted octanol–water partition coefficient (Wildman–Crippen LogP) is 3.18. The summed E-state index contributed by atoms with van der Waals surface area (Å²) in [5, 5.41) is 3.82. The van der Waals surface area contributed by atoms with Crippen molar-refractivity contribution in [1.82, 2.24) is 5.32 Å². The third kappa shape index (κ3) is 4.43. The van der Waals surface area contributed by atoms with Gasteiger partial charge in [-0.15, -0.1) is 12.4 Å². The topological polar surface area (TPSA) is 21.3 Å². The SMILES string of the molecule is CC(C)(C)[Si](C)(C)OC[C@@H]1CCCN1.Cl. The molecule has 4 heteroatoms. The van der Waals surface area contributed by atoms with E-state index in [1.165, 1.54) is 19.4 Å². The highest BCUT2D eigenvalue weighted by Crippen LogP contribution is 2.36. The van der Waals surface area contributed by atoms with Crippen LogP contribution in [0.1, 0.15) is 33.6 Å². The number of rotatable bonds is 3. The first-order chi connectivity index (χ1) is 6.33. The lowest BCUT2D eigenvalue weighted by molar-refractivity contribution is 0.253. The van der Waals surface area contributed by atoms with Crippen molar-refractivity contribution >= 4 is 20.7 Å². The molecule has 0 saturated carbocycles. The Kier molecular flexibility index (Phi) is 5.83. The molecule has 1 atom stereocenters. The molecule has 1 fully saturated rings. The van der Waals surface area contributed by atoms with Gasteiger partial charge in [0, 0.05) is 12.6 Å². The highest BCUT2D eigenvalue weighted by molar-refractivity contribution is 6.74. The molecule has 0 aromatic carbocycles. The van der Waals surface area contributed by atoms with Crippen molar-refractivity contribution in [2.45, 2.75) is 57.8 Å². The molecular formula is C11H26ClNOSi. The first-order valence-electron chi connectivity index (χ1n) is 5.70. The Hall–Kier alpha value is 0.427. The van der Waals surface area contributed by atoms with Crippen LogP contribution in [0.2, 0.25) is 18.1 Å². The fourth-order valence-corrected chi connectivity index (χ4v) is 2.48. The van der Waals surface area contributed by atoms with Crippen LogP contribution in [0.15, 0.2) is 0 Å². The van der Waals surface area contributed by atoms with Gasteiger partial charge in [-0.1, -0.05) is 20.8 Å². The second-order valence-electron chi connectivity index (χ2n) is 5.86. The normalized spacial score (nSPS) is 22.6. The molecule has 0 bridgehead atoms. The Labute approximate surface area is 102 Å². The zero-order valence-electron chi connectivity index (χ0n) is 10.7. The van der Waals surface area contributed by atoms with Crippen LogP contribution in [0.4, 0.5) is 0 Å². The van der Waals surface area contributed by atoms with Crippen LogP contribution < -0.4 is 5.32 Å². The van der Waals surface area contributed by atoms with Gasteiger partial charge in [0.1, 0.15) is 0 Å². The average molecular weight is 252 g/mol. The Morgan fingerprint density at radius 3 is 2.33 bits per heavy atom. The molecule has 1 N–H and O–H groups in total. The largest absolute Gasteiger partial charge is 0.415 e. The molecule has 0 radical (unpaired) electrons. The summed E-state index contributed by atoms with van der Waals surface area (Å²) >= 11 is 0. The Morgan fingerprint density at radius 1 is 1.33 bits per heavy atom. The summed E-state index contributed by atoms with van der Waals surface area (Å²) in [6, 6.07) is 0.615. The summed E-state index contributed by atoms with van der Waals surface area (Å²) in [6.45, 7) is 13.6. The molecule has 1 saturated heterocycles. The lowest BCUT2D eigenvalue weighted by Gasteiger charge is -2.37. The van der Waals surface area contributed by atoms with E-state index in [1.807, 2.05) is 0 Å². The van der Waals surface area contributed by atoms with Crippen molar-refractivity contribution in [2.75, 3.05) is 13.2 Å². The van der Waals surface area contributed by atoms with E-state index in [4.69, 9.17) is 4.43 Å². The van der Waals surface area contributed by atoms with Gasteiger partial charge in [-0.2, -0.15) is 0 Å². The second-order valence-corrected chi connectivity index (χ2v) is 10.7. The van der Waals surface area contributed by atoms with Gasteiger partial charge in [0.05, 0.1) is 0 Å². The van der Waals surface area contributed by atoms with Gasteiger partial charge in [0.2, 0.25) is 0 Å². The molecular weight excluding hydrogens is 226 g/mol. The molecule has 15 heavy (non-hydrogen) atoms. The van der Waals surface area contributed by atoms with Crippen LogP contribution in [0.25, 0.3) is 0 Å². The molecule has 0 amide bonds. The first-order valence-corrected chi connectivity index (χ1v) is 8.61. The molecule has 0 aliphatic carbocycles. The van der Waals surface area contributed by atoms with Crippen molar-refractivity contribution < 1.29 is 4.43 Å². The summed E-state index contributed by atoms with van der Waals surface area (Å²) in [4.78, 5) is 0. The zero-order valence-corrected chi connectivity index (χ0v) is 12.5. The molecule has 2 nitrogen and oxygen atoms in total. The van der Waals surface area contributed by atoms with Gasteiger partial charge in [-0.05, 0) is 37.5 Å². The van der Waals surface area contributed by atoms with Gasteiger partial charge in [0.15, 0.2) is 8.32 Å². The Morgan fingerprint density at radius 2 is 1.93 bits per heavy atom. The minimum atomic E-state index is -1.51. The van der Waals surface area contributed by atoms with Gasteiger partial charge in [-0.25, -0.2) is 0 Å². The summed E-state index contributed by atoms with van der Waals surface area (Å²) < 4.78 is 6.15. The van der Waals surface area contributed by atoms with E-state index < -0.39 is 8.32 Å². The van der Waals surface area contributed by atoms with Crippen molar-refractivity contribution in [3.05, 3.63) is 0 Å². The molecule has 1 rings (SSSR count). The molecule has 1 heterocycles. The first kappa shape index (κ1) is 15.4. The van der Waals surface area contributed by atoms with E-state index in [1.54, 1.807) is 0 Å². The Bertz CT molecular complexity index is 186. The van der Waals surface area contributed by atoms with Crippen LogP contribution in [0.3, 0.4) is 0 Å². The third-order valence-corrected chi connectivity index (χ3v) is 8.11. The number of nitrogens with one attached hydrogen (secondary N) is 1. The third-order valence-electron chi connectivity index (χ3n) is 3.61. The maximum atomic E-state index is 6.15. The van der Waals surface area contributed by atoms with Crippen molar-refractivity contribution in [3.63, 3.8) is 0 Å². The fraction of sp³-hybridized carbons (Fsp3) is 1.00. The average Bonchev–Trinajstić information content (AvgIpc) is 2.50. The molecule has 0 aromatic rings. The van der Waals surface area contributed by atoms with Gasteiger partial charge in [0.25, 0.3) is 0 Å². The lowest BCUT2D eigenvalue weighted by atomic mass is 10.2. The van der Waals surface area contributed by atoms with Gasteiger partial charge < -0.3 is 9.74 Å². The minimum absolute atomic E-state index is 0. The molecule has 0 aromatic heterocycles. The summed E-state index contributed by atoms with van der Waals surface area (Å²) in [6.07, 6.45) is 2.60. The van der Waals surface area contributed by atoms with Crippen molar-refractivity contribution in [1.29, 1.82) is 0 Å². The highest BCUT2D eigenvalue weighted by Gasteiger charge is 2.37. The highest BCUT2D eigenvalue weighted by atomic mass is 35.5. The van der Waals surface area contributed by atoms with E-state index in [0.717, 1.165) is 6.61 Å². The summed E-state index contributed by atoms with van der Waals surface area (Å²) in [5.41, 5.74) is 0. The minimum Gasteiger partial charge on any atom is -0.415 e. The maximum Gasteiger partial charge on any atom is 0.192 e. The predicted molar refractivity (Wildman–Crippen MR) is 71.4 cm³/mol. The molecule has 0 unspecified atom stereocenters. The van der Waals surface area contributed by atoms with Crippen LogP contribution in [-0.4, -0.2) is 27.5 Å². The van der Waals surface area contributed by atoms with E-state index in [2.05, 4.69) is 39.2 Å². The molecule has 1 aliphatic rings. The van der Waals surface area contributed by atoms with E-state index in [-0.39, 0.29) is 12.4 Å². The lowest BCUT2D eigenvalue weighted by Crippen LogP contribution is -2.43. The standard InChI is InChI=1S/C11H25NOSi.ClH/c1-11(2,3)14(4,5)13-9-10-7-6-8-12-10;/h10,12H,6-9H2,1-5H3;1H/t10-;/m0./s1. The smallest absolute Gasteiger partial charge is 0.192 e. The van der Waals surface area contributed by atoms with Gasteiger partial charge in [-0.3, -0.25) is 0 Å². The molecule has 92 valence electrons. The Balaban J connectivity index is 0.00000196.